The van der Waals surface area contributed by atoms with Crippen LogP contribution in [0.25, 0.3) is 0 Å². The van der Waals surface area contributed by atoms with Gasteiger partial charge in [-0.05, 0) is 73.7 Å². The average molecular weight is 497 g/mol. The zero-order chi connectivity index (χ0) is 25.8. The first-order valence-corrected chi connectivity index (χ1v) is 13.5. The summed E-state index contributed by atoms with van der Waals surface area (Å²) in [6.07, 6.45) is 9.49. The smallest absolute Gasteiger partial charge is 0.249 e. The van der Waals surface area contributed by atoms with Crippen LogP contribution in [0.4, 0.5) is 11.4 Å². The van der Waals surface area contributed by atoms with E-state index in [-0.39, 0.29) is 47.6 Å². The third-order valence-corrected chi connectivity index (χ3v) is 8.59. The number of carbonyl (C=O) groups is 2. The lowest BCUT2D eigenvalue weighted by Gasteiger charge is -2.42. The fraction of sp³-hybridized carbons (Fsp3) is 0.643. The number of fused-ring (bicyclic) bond motifs is 1. The molecular formula is C28H40N4O4. The molecule has 3 aliphatic rings. The van der Waals surface area contributed by atoms with E-state index in [0.29, 0.717) is 11.5 Å². The van der Waals surface area contributed by atoms with Crippen LogP contribution in [0.15, 0.2) is 35.7 Å². The standard InChI is InChI=1S/C28H40N4O4/c1-17(32-24-11-7-6-10-21(24)16-25(32)18(2)33)27(20-8-4-3-5-9-20)30-28(35)26(34)15-19-12-13-22(29)23(14-19)31-36/h12-14,20-21,24-27,34H,1,3-11,15-16,29H2,2H3,(H,30,35). The second-order valence-electron chi connectivity index (χ2n) is 11.0. The lowest BCUT2D eigenvalue weighted by Crippen LogP contribution is -2.53. The van der Waals surface area contributed by atoms with Crippen LogP contribution in [0, 0.1) is 16.7 Å². The number of nitroso groups, excluding NO2 is 1. The second-order valence-corrected chi connectivity index (χ2v) is 11.0. The molecule has 1 aromatic rings. The van der Waals surface area contributed by atoms with Gasteiger partial charge in [-0.25, -0.2) is 0 Å². The van der Waals surface area contributed by atoms with Gasteiger partial charge < -0.3 is 21.1 Å². The molecule has 2 saturated carbocycles. The van der Waals surface area contributed by atoms with Gasteiger partial charge in [0.15, 0.2) is 5.78 Å². The highest BCUT2D eigenvalue weighted by atomic mass is 16.3. The predicted octanol–water partition coefficient (Wildman–Crippen LogP) is 4.37. The van der Waals surface area contributed by atoms with Crippen molar-refractivity contribution >= 4 is 23.1 Å². The van der Waals surface area contributed by atoms with Crippen molar-refractivity contribution < 1.29 is 14.7 Å². The fourth-order valence-corrected chi connectivity index (χ4v) is 6.70. The van der Waals surface area contributed by atoms with Gasteiger partial charge in [-0.1, -0.05) is 44.7 Å². The highest BCUT2D eigenvalue weighted by Gasteiger charge is 2.46. The Kier molecular flexibility index (Phi) is 8.44. The van der Waals surface area contributed by atoms with E-state index < -0.39 is 12.0 Å². The molecule has 8 nitrogen and oxygen atoms in total. The Morgan fingerprint density at radius 3 is 2.56 bits per heavy atom. The number of nitrogen functional groups attached to an aromatic ring is 1. The van der Waals surface area contributed by atoms with Crippen LogP contribution in [0.5, 0.6) is 0 Å². The van der Waals surface area contributed by atoms with Crippen LogP contribution in [-0.4, -0.2) is 45.9 Å². The van der Waals surface area contributed by atoms with Crippen LogP contribution in [0.3, 0.4) is 0 Å². The molecule has 4 rings (SSSR count). The third-order valence-electron chi connectivity index (χ3n) is 8.59. The molecule has 5 unspecified atom stereocenters. The van der Waals surface area contributed by atoms with Crippen LogP contribution < -0.4 is 11.1 Å². The fourth-order valence-electron chi connectivity index (χ4n) is 6.70. The van der Waals surface area contributed by atoms with Gasteiger partial charge in [-0.15, -0.1) is 4.91 Å². The second kappa shape index (κ2) is 11.5. The van der Waals surface area contributed by atoms with Gasteiger partial charge in [-0.2, -0.15) is 0 Å². The molecule has 0 bridgehead atoms. The van der Waals surface area contributed by atoms with E-state index >= 15 is 0 Å². The van der Waals surface area contributed by atoms with Crippen molar-refractivity contribution in [2.75, 3.05) is 5.73 Å². The first kappa shape index (κ1) is 26.3. The number of ketones is 1. The minimum atomic E-state index is -1.29. The van der Waals surface area contributed by atoms with E-state index in [4.69, 9.17) is 5.73 Å². The number of amides is 1. The molecule has 3 fully saturated rings. The molecule has 196 valence electrons. The molecular weight excluding hydrogens is 456 g/mol. The van der Waals surface area contributed by atoms with Gasteiger partial charge in [-0.3, -0.25) is 9.59 Å². The molecule has 8 heteroatoms. The average Bonchev–Trinajstić information content (AvgIpc) is 3.28. The summed E-state index contributed by atoms with van der Waals surface area (Å²) in [5.74, 6) is 0.397. The Morgan fingerprint density at radius 1 is 1.17 bits per heavy atom. The normalized spacial score (nSPS) is 26.1. The third kappa shape index (κ3) is 5.64. The van der Waals surface area contributed by atoms with E-state index in [2.05, 4.69) is 22.0 Å². The number of aliphatic hydroxyl groups excluding tert-OH is 1. The number of aliphatic hydroxyl groups is 1. The number of nitrogens with one attached hydrogen (secondary N) is 1. The number of nitrogens with zero attached hydrogens (tertiary/aromatic N) is 2. The molecule has 1 amide bonds. The Labute approximate surface area is 213 Å². The first-order chi connectivity index (χ1) is 17.3. The molecule has 4 N–H and O–H groups in total. The molecule has 0 spiro atoms. The number of carbonyl (C=O) groups excluding carboxylic acids is 2. The van der Waals surface area contributed by atoms with E-state index in [1.807, 2.05) is 0 Å². The Hall–Kier alpha value is -2.74. The van der Waals surface area contributed by atoms with Crippen molar-refractivity contribution in [1.29, 1.82) is 0 Å². The molecule has 0 aromatic heterocycles. The molecule has 1 aliphatic heterocycles. The maximum Gasteiger partial charge on any atom is 0.249 e. The van der Waals surface area contributed by atoms with E-state index in [1.54, 1.807) is 19.1 Å². The summed E-state index contributed by atoms with van der Waals surface area (Å²) in [5.41, 5.74) is 7.52. The molecule has 1 aromatic carbocycles. The highest BCUT2D eigenvalue weighted by Crippen LogP contribution is 2.43. The maximum atomic E-state index is 13.2. The molecule has 0 radical (unpaired) electrons. The summed E-state index contributed by atoms with van der Waals surface area (Å²) in [4.78, 5) is 39.1. The van der Waals surface area contributed by atoms with Gasteiger partial charge in [0.2, 0.25) is 5.91 Å². The molecule has 1 heterocycles. The first-order valence-electron chi connectivity index (χ1n) is 13.5. The minimum Gasteiger partial charge on any atom is -0.397 e. The minimum absolute atomic E-state index is 0.0446. The summed E-state index contributed by atoms with van der Waals surface area (Å²) < 4.78 is 0. The molecule has 2 aliphatic carbocycles. The van der Waals surface area contributed by atoms with Crippen molar-refractivity contribution in [3.05, 3.63) is 40.9 Å². The number of benzene rings is 1. The van der Waals surface area contributed by atoms with Crippen LogP contribution in [-0.2, 0) is 16.0 Å². The zero-order valence-corrected chi connectivity index (χ0v) is 21.3. The van der Waals surface area contributed by atoms with E-state index in [1.165, 1.54) is 18.9 Å². The maximum absolute atomic E-state index is 13.2. The topological polar surface area (TPSA) is 125 Å². The molecule has 1 saturated heterocycles. The number of hydrogen-bond acceptors (Lipinski definition) is 7. The number of anilines is 1. The van der Waals surface area contributed by atoms with Crippen LogP contribution in [0.1, 0.15) is 76.7 Å². The Balaban J connectivity index is 1.53. The summed E-state index contributed by atoms with van der Waals surface area (Å²) in [7, 11) is 0. The zero-order valence-electron chi connectivity index (χ0n) is 21.3. The summed E-state index contributed by atoms with van der Waals surface area (Å²) in [5, 5.41) is 16.8. The number of Topliss-reactive ketones (excluding diaryl/α,β-unsaturated/α-hetero) is 1. The van der Waals surface area contributed by atoms with Gasteiger partial charge in [0, 0.05) is 18.2 Å². The van der Waals surface area contributed by atoms with Gasteiger partial charge >= 0.3 is 0 Å². The number of rotatable bonds is 9. The Morgan fingerprint density at radius 2 is 1.86 bits per heavy atom. The molecule has 36 heavy (non-hydrogen) atoms. The lowest BCUT2D eigenvalue weighted by atomic mass is 9.81. The quantitative estimate of drug-likeness (QED) is 0.344. The summed E-state index contributed by atoms with van der Waals surface area (Å²) >= 11 is 0. The summed E-state index contributed by atoms with van der Waals surface area (Å²) in [6.45, 7) is 6.14. The number of hydrogen-bond donors (Lipinski definition) is 3. The van der Waals surface area contributed by atoms with Gasteiger partial charge in [0.1, 0.15) is 11.8 Å². The van der Waals surface area contributed by atoms with Crippen molar-refractivity contribution in [3.8, 4) is 0 Å². The predicted molar refractivity (Wildman–Crippen MR) is 140 cm³/mol. The van der Waals surface area contributed by atoms with Crippen molar-refractivity contribution in [2.24, 2.45) is 17.0 Å². The lowest BCUT2D eigenvalue weighted by molar-refractivity contribution is -0.130. The van der Waals surface area contributed by atoms with Gasteiger partial charge in [0.05, 0.1) is 17.8 Å². The van der Waals surface area contributed by atoms with E-state index in [0.717, 1.165) is 57.1 Å². The van der Waals surface area contributed by atoms with Crippen molar-refractivity contribution in [3.63, 3.8) is 0 Å². The monoisotopic (exact) mass is 496 g/mol. The van der Waals surface area contributed by atoms with E-state index in [9.17, 15) is 19.6 Å². The van der Waals surface area contributed by atoms with Crippen molar-refractivity contribution in [2.45, 2.75) is 102 Å². The Bertz CT molecular complexity index is 990. The molecule has 5 atom stereocenters. The van der Waals surface area contributed by atoms with Gasteiger partial charge in [0.25, 0.3) is 0 Å². The largest absolute Gasteiger partial charge is 0.397 e. The highest BCUT2D eigenvalue weighted by molar-refractivity contribution is 5.83. The number of nitrogens with two attached hydrogens (primary N) is 1. The number of likely N-dealkylation sites (tertiary alicyclic amines) is 1. The summed E-state index contributed by atoms with van der Waals surface area (Å²) in [6, 6.07) is 4.51. The van der Waals surface area contributed by atoms with Crippen LogP contribution >= 0.6 is 0 Å². The van der Waals surface area contributed by atoms with Crippen molar-refractivity contribution in [1.82, 2.24) is 10.2 Å². The SMILES string of the molecule is C=C(C(NC(=O)C(O)Cc1ccc(N)c(N=O)c1)C1CCCCC1)N1C(C(C)=O)CC2CCCCC21. The van der Waals surface area contributed by atoms with Crippen LogP contribution in [0.2, 0.25) is 0 Å².